The number of rotatable bonds is 5. The largest absolute Gasteiger partial charge is 0.395 e. The van der Waals surface area contributed by atoms with Gasteiger partial charge in [0, 0.05) is 5.41 Å². The maximum atomic E-state index is 9.93. The van der Waals surface area contributed by atoms with Crippen LogP contribution in [0.4, 0.5) is 0 Å². The summed E-state index contributed by atoms with van der Waals surface area (Å²) in [6.45, 7) is 6.10. The van der Waals surface area contributed by atoms with Crippen LogP contribution in [-0.2, 0) is 10.2 Å². The van der Waals surface area contributed by atoms with E-state index >= 15 is 0 Å². The first kappa shape index (κ1) is 15.5. The third-order valence-corrected chi connectivity index (χ3v) is 4.49. The number of aryl methyl sites for hydroxylation is 1. The van der Waals surface area contributed by atoms with Crippen LogP contribution in [0.15, 0.2) is 24.3 Å². The van der Waals surface area contributed by atoms with Gasteiger partial charge in [-0.3, -0.25) is 0 Å². The molecule has 2 rings (SSSR count). The molecule has 112 valence electrons. The van der Waals surface area contributed by atoms with Crippen molar-refractivity contribution in [2.75, 3.05) is 13.2 Å². The average Bonchev–Trinajstić information content (AvgIpc) is 2.76. The standard InChI is InChI=1S/C17H26O3/c1-13-6-4-5-7-15(13)17(11-18,12-19)10-14-8-9-16(2,3)20-14/h4-7,14,18-19H,8-12H2,1-3H3. The number of aliphatic hydroxyl groups is 2. The minimum atomic E-state index is -0.615. The lowest BCUT2D eigenvalue weighted by molar-refractivity contribution is -0.0382. The third-order valence-electron chi connectivity index (χ3n) is 4.49. The molecule has 1 aliphatic heterocycles. The van der Waals surface area contributed by atoms with E-state index in [2.05, 4.69) is 13.8 Å². The second kappa shape index (κ2) is 5.84. The highest BCUT2D eigenvalue weighted by molar-refractivity contribution is 5.34. The zero-order valence-corrected chi connectivity index (χ0v) is 12.7. The van der Waals surface area contributed by atoms with E-state index in [0.717, 1.165) is 24.0 Å². The Bertz CT molecular complexity index is 449. The molecule has 3 heteroatoms. The van der Waals surface area contributed by atoms with Gasteiger partial charge in [0.25, 0.3) is 0 Å². The molecule has 1 heterocycles. The summed E-state index contributed by atoms with van der Waals surface area (Å²) in [5, 5.41) is 19.9. The van der Waals surface area contributed by atoms with E-state index in [0.29, 0.717) is 6.42 Å². The van der Waals surface area contributed by atoms with Crippen molar-refractivity contribution in [1.29, 1.82) is 0 Å². The summed E-state index contributed by atoms with van der Waals surface area (Å²) in [6, 6.07) is 7.96. The van der Waals surface area contributed by atoms with Crippen LogP contribution >= 0.6 is 0 Å². The summed E-state index contributed by atoms with van der Waals surface area (Å²) in [6.07, 6.45) is 2.77. The molecular weight excluding hydrogens is 252 g/mol. The quantitative estimate of drug-likeness (QED) is 0.870. The number of ether oxygens (including phenoxy) is 1. The zero-order valence-electron chi connectivity index (χ0n) is 12.7. The van der Waals surface area contributed by atoms with Crippen LogP contribution in [0.2, 0.25) is 0 Å². The molecule has 20 heavy (non-hydrogen) atoms. The van der Waals surface area contributed by atoms with Crippen molar-refractivity contribution >= 4 is 0 Å². The Labute approximate surface area is 121 Å². The van der Waals surface area contributed by atoms with Gasteiger partial charge in [0.05, 0.1) is 24.9 Å². The monoisotopic (exact) mass is 278 g/mol. The van der Waals surface area contributed by atoms with Gasteiger partial charge >= 0.3 is 0 Å². The van der Waals surface area contributed by atoms with E-state index in [1.807, 2.05) is 31.2 Å². The van der Waals surface area contributed by atoms with Gasteiger partial charge in [0.2, 0.25) is 0 Å². The lowest BCUT2D eigenvalue weighted by atomic mass is 9.75. The molecule has 0 spiro atoms. The predicted octanol–water partition coefficient (Wildman–Crippen LogP) is 2.57. The Morgan fingerprint density at radius 2 is 1.90 bits per heavy atom. The lowest BCUT2D eigenvalue weighted by Gasteiger charge is -2.34. The fraction of sp³-hybridized carbons (Fsp3) is 0.647. The average molecular weight is 278 g/mol. The van der Waals surface area contributed by atoms with Crippen LogP contribution in [0.3, 0.4) is 0 Å². The van der Waals surface area contributed by atoms with Crippen LogP contribution < -0.4 is 0 Å². The molecule has 1 fully saturated rings. The van der Waals surface area contributed by atoms with Crippen molar-refractivity contribution in [2.45, 2.75) is 57.2 Å². The van der Waals surface area contributed by atoms with Crippen LogP contribution in [0, 0.1) is 6.92 Å². The molecule has 1 aromatic carbocycles. The van der Waals surface area contributed by atoms with E-state index in [-0.39, 0.29) is 24.9 Å². The molecule has 0 aromatic heterocycles. The first-order valence-electron chi connectivity index (χ1n) is 7.38. The van der Waals surface area contributed by atoms with Gasteiger partial charge < -0.3 is 14.9 Å². The Hall–Kier alpha value is -0.900. The predicted molar refractivity (Wildman–Crippen MR) is 79.8 cm³/mol. The van der Waals surface area contributed by atoms with Gasteiger partial charge in [-0.1, -0.05) is 24.3 Å². The van der Waals surface area contributed by atoms with Crippen molar-refractivity contribution in [3.8, 4) is 0 Å². The Morgan fingerprint density at radius 3 is 2.40 bits per heavy atom. The molecule has 0 amide bonds. The maximum Gasteiger partial charge on any atom is 0.0631 e. The van der Waals surface area contributed by atoms with Crippen molar-refractivity contribution in [3.63, 3.8) is 0 Å². The SMILES string of the molecule is Cc1ccccc1C(CO)(CO)CC1CCC(C)(C)O1. The van der Waals surface area contributed by atoms with Gasteiger partial charge in [0.15, 0.2) is 0 Å². The van der Waals surface area contributed by atoms with Crippen LogP contribution in [0.5, 0.6) is 0 Å². The molecule has 1 aliphatic rings. The van der Waals surface area contributed by atoms with Gasteiger partial charge in [-0.2, -0.15) is 0 Å². The fourth-order valence-corrected chi connectivity index (χ4v) is 3.28. The normalized spacial score (nSPS) is 22.1. The first-order chi connectivity index (χ1) is 9.42. The van der Waals surface area contributed by atoms with Crippen molar-refractivity contribution in [1.82, 2.24) is 0 Å². The van der Waals surface area contributed by atoms with Crippen LogP contribution in [0.1, 0.15) is 44.2 Å². The van der Waals surface area contributed by atoms with E-state index in [9.17, 15) is 10.2 Å². The topological polar surface area (TPSA) is 49.7 Å². The number of aliphatic hydroxyl groups excluding tert-OH is 2. The summed E-state index contributed by atoms with van der Waals surface area (Å²) in [4.78, 5) is 0. The van der Waals surface area contributed by atoms with E-state index in [1.165, 1.54) is 0 Å². The number of hydrogen-bond donors (Lipinski definition) is 2. The molecule has 0 aliphatic carbocycles. The number of benzene rings is 1. The van der Waals surface area contributed by atoms with E-state index in [4.69, 9.17) is 4.74 Å². The molecule has 1 unspecified atom stereocenters. The van der Waals surface area contributed by atoms with Crippen LogP contribution in [-0.4, -0.2) is 35.1 Å². The van der Waals surface area contributed by atoms with Gasteiger partial charge in [-0.25, -0.2) is 0 Å². The first-order valence-corrected chi connectivity index (χ1v) is 7.38. The highest BCUT2D eigenvalue weighted by Crippen LogP contribution is 2.38. The summed E-state index contributed by atoms with van der Waals surface area (Å²) >= 11 is 0. The fourth-order valence-electron chi connectivity index (χ4n) is 3.28. The molecular formula is C17H26O3. The number of hydrogen-bond acceptors (Lipinski definition) is 3. The lowest BCUT2D eigenvalue weighted by Crippen LogP contribution is -2.39. The minimum Gasteiger partial charge on any atom is -0.395 e. The highest BCUT2D eigenvalue weighted by Gasteiger charge is 2.40. The molecule has 0 bridgehead atoms. The van der Waals surface area contributed by atoms with Gasteiger partial charge in [0.1, 0.15) is 0 Å². The molecule has 1 aromatic rings. The third kappa shape index (κ3) is 3.05. The van der Waals surface area contributed by atoms with Crippen molar-refractivity contribution < 1.29 is 14.9 Å². The van der Waals surface area contributed by atoms with Crippen molar-refractivity contribution in [3.05, 3.63) is 35.4 Å². The Morgan fingerprint density at radius 1 is 1.25 bits per heavy atom. The van der Waals surface area contributed by atoms with Crippen molar-refractivity contribution in [2.24, 2.45) is 0 Å². The summed E-state index contributed by atoms with van der Waals surface area (Å²) in [5.41, 5.74) is 1.43. The molecule has 3 nitrogen and oxygen atoms in total. The second-order valence-electron chi connectivity index (χ2n) is 6.65. The molecule has 1 atom stereocenters. The Balaban J connectivity index is 2.25. The summed E-state index contributed by atoms with van der Waals surface area (Å²) < 4.78 is 6.05. The molecule has 1 saturated heterocycles. The summed E-state index contributed by atoms with van der Waals surface area (Å²) in [5.74, 6) is 0. The molecule has 0 radical (unpaired) electrons. The van der Waals surface area contributed by atoms with E-state index < -0.39 is 5.41 Å². The molecule has 0 saturated carbocycles. The van der Waals surface area contributed by atoms with Gasteiger partial charge in [-0.15, -0.1) is 0 Å². The zero-order chi connectivity index (χ0) is 14.8. The smallest absolute Gasteiger partial charge is 0.0631 e. The molecule has 2 N–H and O–H groups in total. The highest BCUT2D eigenvalue weighted by atomic mass is 16.5. The minimum absolute atomic E-state index is 0.0609. The summed E-state index contributed by atoms with van der Waals surface area (Å²) in [7, 11) is 0. The Kier molecular flexibility index (Phi) is 4.52. The van der Waals surface area contributed by atoms with Gasteiger partial charge in [-0.05, 0) is 51.2 Å². The second-order valence-corrected chi connectivity index (χ2v) is 6.65. The van der Waals surface area contributed by atoms with E-state index in [1.54, 1.807) is 0 Å². The van der Waals surface area contributed by atoms with Crippen LogP contribution in [0.25, 0.3) is 0 Å². The maximum absolute atomic E-state index is 9.93.